The second-order valence-corrected chi connectivity index (χ2v) is 3.83. The number of rotatable bonds is 3. The maximum Gasteiger partial charge on any atom is 0.195 e. The number of nitrogens with two attached hydrogens (primary N) is 1. The van der Waals surface area contributed by atoms with Crippen molar-refractivity contribution in [1.29, 1.82) is 0 Å². The number of nitrogen functional groups attached to an aromatic ring is 1. The van der Waals surface area contributed by atoms with Crippen molar-refractivity contribution < 1.29 is 14.6 Å². The molecule has 4 nitrogen and oxygen atoms in total. The highest BCUT2D eigenvalue weighted by Gasteiger charge is 2.13. The summed E-state index contributed by atoms with van der Waals surface area (Å²) in [5.74, 6) is 0.359. The third kappa shape index (κ3) is 2.27. The Morgan fingerprint density at radius 1 is 1.22 bits per heavy atom. The molecule has 0 heterocycles. The molecule has 0 aromatic heterocycles. The Morgan fingerprint density at radius 3 is 2.67 bits per heavy atom. The fraction of sp³-hybridized carbons (Fsp3) is 0.0714. The minimum absolute atomic E-state index is 0.0438. The van der Waals surface area contributed by atoms with E-state index in [2.05, 4.69) is 0 Å². The van der Waals surface area contributed by atoms with Crippen LogP contribution < -0.4 is 10.5 Å². The molecule has 0 bridgehead atoms. The maximum absolute atomic E-state index is 12.2. The number of phenolic OH excluding ortho intramolecular Hbond substituents is 1. The molecule has 0 aliphatic rings. The van der Waals surface area contributed by atoms with Gasteiger partial charge in [-0.3, -0.25) is 4.79 Å². The zero-order chi connectivity index (χ0) is 13.1. The fourth-order valence-corrected chi connectivity index (χ4v) is 1.66. The molecule has 0 unspecified atom stereocenters. The van der Waals surface area contributed by atoms with Crippen LogP contribution in [0.3, 0.4) is 0 Å². The van der Waals surface area contributed by atoms with Crippen molar-refractivity contribution in [2.45, 2.75) is 0 Å². The van der Waals surface area contributed by atoms with E-state index >= 15 is 0 Å². The number of hydrogen-bond acceptors (Lipinski definition) is 4. The van der Waals surface area contributed by atoms with Crippen molar-refractivity contribution in [2.75, 3.05) is 12.8 Å². The number of ketones is 1. The molecule has 0 radical (unpaired) electrons. The lowest BCUT2D eigenvalue weighted by atomic mass is 10.0. The summed E-state index contributed by atoms with van der Waals surface area (Å²) >= 11 is 0. The first-order chi connectivity index (χ1) is 8.61. The first kappa shape index (κ1) is 12.0. The molecule has 0 aliphatic heterocycles. The van der Waals surface area contributed by atoms with E-state index < -0.39 is 0 Å². The molecular formula is C14H13NO3. The minimum Gasteiger partial charge on any atom is -0.508 e. The Labute approximate surface area is 105 Å². The summed E-state index contributed by atoms with van der Waals surface area (Å²) in [6.45, 7) is 0. The number of hydrogen-bond donors (Lipinski definition) is 2. The van der Waals surface area contributed by atoms with Gasteiger partial charge in [0.1, 0.15) is 11.5 Å². The molecule has 92 valence electrons. The fourth-order valence-electron chi connectivity index (χ4n) is 1.66. The van der Waals surface area contributed by atoms with Gasteiger partial charge in [0, 0.05) is 16.8 Å². The molecule has 0 amide bonds. The van der Waals surface area contributed by atoms with Crippen molar-refractivity contribution in [3.63, 3.8) is 0 Å². The Kier molecular flexibility index (Phi) is 3.19. The summed E-state index contributed by atoms with van der Waals surface area (Å²) in [7, 11) is 1.52. The van der Waals surface area contributed by atoms with Crippen molar-refractivity contribution in [2.24, 2.45) is 0 Å². The zero-order valence-corrected chi connectivity index (χ0v) is 9.88. The molecule has 0 atom stereocenters. The van der Waals surface area contributed by atoms with E-state index in [9.17, 15) is 9.90 Å². The Bertz CT molecular complexity index is 593. The summed E-state index contributed by atoms with van der Waals surface area (Å²) in [5.41, 5.74) is 6.91. The maximum atomic E-state index is 12.2. The molecule has 0 spiro atoms. The number of ether oxygens (including phenoxy) is 1. The molecule has 18 heavy (non-hydrogen) atoms. The van der Waals surface area contributed by atoms with E-state index in [0.717, 1.165) is 0 Å². The predicted molar refractivity (Wildman–Crippen MR) is 68.9 cm³/mol. The zero-order valence-electron chi connectivity index (χ0n) is 9.88. The number of phenols is 1. The molecule has 4 heteroatoms. The van der Waals surface area contributed by atoms with E-state index in [0.29, 0.717) is 22.6 Å². The lowest BCUT2D eigenvalue weighted by molar-refractivity contribution is 0.103. The van der Waals surface area contributed by atoms with Crippen LogP contribution in [0.5, 0.6) is 11.5 Å². The molecule has 2 aromatic carbocycles. The van der Waals surface area contributed by atoms with Gasteiger partial charge in [-0.05, 0) is 30.3 Å². The van der Waals surface area contributed by atoms with Gasteiger partial charge in [0.15, 0.2) is 5.78 Å². The largest absolute Gasteiger partial charge is 0.508 e. The minimum atomic E-state index is -0.248. The number of methoxy groups -OCH3 is 1. The number of benzene rings is 2. The van der Waals surface area contributed by atoms with Gasteiger partial charge >= 0.3 is 0 Å². The van der Waals surface area contributed by atoms with E-state index in [1.54, 1.807) is 30.3 Å². The van der Waals surface area contributed by atoms with Crippen LogP contribution in [0, 0.1) is 0 Å². The highest BCUT2D eigenvalue weighted by atomic mass is 16.5. The molecule has 2 rings (SSSR count). The van der Waals surface area contributed by atoms with Crippen LogP contribution in [0.4, 0.5) is 5.69 Å². The second-order valence-electron chi connectivity index (χ2n) is 3.83. The number of anilines is 1. The first-order valence-electron chi connectivity index (χ1n) is 5.39. The third-order valence-electron chi connectivity index (χ3n) is 2.61. The second kappa shape index (κ2) is 4.79. The standard InChI is InChI=1S/C14H13NO3/c1-18-11-5-6-13(15)12(8-11)14(17)9-3-2-4-10(16)7-9/h2-8,16H,15H2,1H3. The smallest absolute Gasteiger partial charge is 0.195 e. The summed E-state index contributed by atoms with van der Waals surface area (Å²) in [6, 6.07) is 11.0. The normalized spacial score (nSPS) is 10.1. The van der Waals surface area contributed by atoms with Crippen molar-refractivity contribution in [3.8, 4) is 11.5 Å². The average molecular weight is 243 g/mol. The van der Waals surface area contributed by atoms with Gasteiger partial charge in [0.05, 0.1) is 7.11 Å². The van der Waals surface area contributed by atoms with Crippen molar-refractivity contribution >= 4 is 11.5 Å². The van der Waals surface area contributed by atoms with Gasteiger partial charge in [-0.15, -0.1) is 0 Å². The van der Waals surface area contributed by atoms with Crippen molar-refractivity contribution in [3.05, 3.63) is 53.6 Å². The van der Waals surface area contributed by atoms with Gasteiger partial charge < -0.3 is 15.6 Å². The molecule has 0 fully saturated rings. The average Bonchev–Trinajstić information content (AvgIpc) is 2.38. The first-order valence-corrected chi connectivity index (χ1v) is 5.39. The molecule has 0 saturated carbocycles. The van der Waals surface area contributed by atoms with Crippen LogP contribution >= 0.6 is 0 Å². The van der Waals surface area contributed by atoms with Gasteiger partial charge in [-0.2, -0.15) is 0 Å². The quantitative estimate of drug-likeness (QED) is 0.640. The van der Waals surface area contributed by atoms with Crippen LogP contribution in [-0.2, 0) is 0 Å². The van der Waals surface area contributed by atoms with Gasteiger partial charge in [0.25, 0.3) is 0 Å². The SMILES string of the molecule is COc1ccc(N)c(C(=O)c2cccc(O)c2)c1. The lowest BCUT2D eigenvalue weighted by Gasteiger charge is -2.07. The van der Waals surface area contributed by atoms with Gasteiger partial charge in [0.2, 0.25) is 0 Å². The Morgan fingerprint density at radius 2 is 2.00 bits per heavy atom. The van der Waals surface area contributed by atoms with Crippen LogP contribution in [0.15, 0.2) is 42.5 Å². The van der Waals surface area contributed by atoms with E-state index in [1.807, 2.05) is 0 Å². The highest BCUT2D eigenvalue weighted by molar-refractivity contribution is 6.12. The topological polar surface area (TPSA) is 72.5 Å². The summed E-state index contributed by atoms with van der Waals surface area (Å²) in [5, 5.41) is 9.37. The van der Waals surface area contributed by atoms with E-state index in [1.165, 1.54) is 19.2 Å². The van der Waals surface area contributed by atoms with Crippen LogP contribution in [-0.4, -0.2) is 18.0 Å². The third-order valence-corrected chi connectivity index (χ3v) is 2.61. The molecule has 2 aromatic rings. The number of carbonyl (C=O) groups excluding carboxylic acids is 1. The molecular weight excluding hydrogens is 230 g/mol. The van der Waals surface area contributed by atoms with Crippen LogP contribution in [0.25, 0.3) is 0 Å². The van der Waals surface area contributed by atoms with E-state index in [-0.39, 0.29) is 11.5 Å². The van der Waals surface area contributed by atoms with Gasteiger partial charge in [-0.1, -0.05) is 12.1 Å². The van der Waals surface area contributed by atoms with E-state index in [4.69, 9.17) is 10.5 Å². The molecule has 0 saturated heterocycles. The van der Waals surface area contributed by atoms with Gasteiger partial charge in [-0.25, -0.2) is 0 Å². The summed E-state index contributed by atoms with van der Waals surface area (Å²) in [4.78, 5) is 12.2. The molecule has 0 aliphatic carbocycles. The van der Waals surface area contributed by atoms with Crippen LogP contribution in [0.2, 0.25) is 0 Å². The Balaban J connectivity index is 2.45. The Hall–Kier alpha value is -2.49. The number of aromatic hydroxyl groups is 1. The summed E-state index contributed by atoms with van der Waals surface area (Å²) in [6.07, 6.45) is 0. The predicted octanol–water partition coefficient (Wildman–Crippen LogP) is 2.21. The number of carbonyl (C=O) groups is 1. The van der Waals surface area contributed by atoms with Crippen molar-refractivity contribution in [1.82, 2.24) is 0 Å². The summed E-state index contributed by atoms with van der Waals surface area (Å²) < 4.78 is 5.06. The van der Waals surface area contributed by atoms with Crippen LogP contribution in [0.1, 0.15) is 15.9 Å². The molecule has 3 N–H and O–H groups in total. The lowest BCUT2D eigenvalue weighted by Crippen LogP contribution is -2.05. The highest BCUT2D eigenvalue weighted by Crippen LogP contribution is 2.23. The monoisotopic (exact) mass is 243 g/mol.